The van der Waals surface area contributed by atoms with Gasteiger partial charge < -0.3 is 10.1 Å². The number of halogens is 2. The number of rotatable bonds is 4. The predicted molar refractivity (Wildman–Crippen MR) is 84.5 cm³/mol. The quantitative estimate of drug-likeness (QED) is 0.882. The Morgan fingerprint density at radius 3 is 2.60 bits per heavy atom. The van der Waals surface area contributed by atoms with E-state index in [0.717, 1.165) is 10.0 Å². The lowest BCUT2D eigenvalue weighted by Gasteiger charge is -2.09. The number of hydrogen-bond acceptors (Lipinski definition) is 2. The molecule has 5 heteroatoms. The number of benzene rings is 2. The number of anilines is 1. The van der Waals surface area contributed by atoms with Crippen molar-refractivity contribution in [2.75, 3.05) is 11.9 Å². The van der Waals surface area contributed by atoms with E-state index in [0.29, 0.717) is 16.5 Å². The van der Waals surface area contributed by atoms with Crippen LogP contribution in [0.5, 0.6) is 5.75 Å². The van der Waals surface area contributed by atoms with Crippen LogP contribution in [0.2, 0.25) is 5.02 Å². The molecule has 2 aromatic carbocycles. The Hall–Kier alpha value is -1.52. The van der Waals surface area contributed by atoms with E-state index in [-0.39, 0.29) is 12.5 Å². The van der Waals surface area contributed by atoms with Gasteiger partial charge in [0.05, 0.1) is 4.47 Å². The van der Waals surface area contributed by atoms with Crippen molar-refractivity contribution in [1.82, 2.24) is 0 Å². The summed E-state index contributed by atoms with van der Waals surface area (Å²) in [5.41, 5.74) is 1.81. The Morgan fingerprint density at radius 2 is 1.95 bits per heavy atom. The summed E-state index contributed by atoms with van der Waals surface area (Å²) in [6.07, 6.45) is 0. The van der Waals surface area contributed by atoms with E-state index in [1.165, 1.54) is 0 Å². The Bertz CT molecular complexity index is 614. The fourth-order valence-electron chi connectivity index (χ4n) is 1.60. The third-order valence-electron chi connectivity index (χ3n) is 2.57. The molecule has 0 bridgehead atoms. The highest BCUT2D eigenvalue weighted by molar-refractivity contribution is 9.10. The lowest BCUT2D eigenvalue weighted by molar-refractivity contribution is -0.118. The molecule has 0 aliphatic carbocycles. The van der Waals surface area contributed by atoms with Crippen molar-refractivity contribution in [3.05, 3.63) is 57.5 Å². The van der Waals surface area contributed by atoms with Crippen LogP contribution in [0.1, 0.15) is 5.56 Å². The average Bonchev–Trinajstić information content (AvgIpc) is 2.40. The molecule has 1 amide bonds. The van der Waals surface area contributed by atoms with Gasteiger partial charge in [0.2, 0.25) is 0 Å². The second-order valence-electron chi connectivity index (χ2n) is 4.28. The first-order chi connectivity index (χ1) is 9.54. The number of carbonyl (C=O) groups excluding carboxylic acids is 1. The first kappa shape index (κ1) is 14.9. The molecule has 0 aliphatic heterocycles. The van der Waals surface area contributed by atoms with Crippen molar-refractivity contribution in [2.24, 2.45) is 0 Å². The maximum Gasteiger partial charge on any atom is 0.262 e. The molecule has 0 fully saturated rings. The zero-order valence-corrected chi connectivity index (χ0v) is 13.2. The summed E-state index contributed by atoms with van der Waals surface area (Å²) >= 11 is 9.18. The summed E-state index contributed by atoms with van der Waals surface area (Å²) in [4.78, 5) is 11.8. The van der Waals surface area contributed by atoms with E-state index in [9.17, 15) is 4.79 Å². The van der Waals surface area contributed by atoms with Crippen LogP contribution < -0.4 is 10.1 Å². The molecule has 0 saturated carbocycles. The van der Waals surface area contributed by atoms with Gasteiger partial charge in [-0.05, 0) is 64.8 Å². The highest BCUT2D eigenvalue weighted by Gasteiger charge is 2.06. The number of nitrogens with one attached hydrogen (secondary N) is 1. The topological polar surface area (TPSA) is 38.3 Å². The van der Waals surface area contributed by atoms with Gasteiger partial charge >= 0.3 is 0 Å². The molecule has 0 radical (unpaired) electrons. The van der Waals surface area contributed by atoms with Crippen LogP contribution in [0.25, 0.3) is 0 Å². The Labute approximate surface area is 131 Å². The van der Waals surface area contributed by atoms with Crippen molar-refractivity contribution in [3.8, 4) is 5.75 Å². The third-order valence-corrected chi connectivity index (χ3v) is 3.45. The molecule has 2 rings (SSSR count). The van der Waals surface area contributed by atoms with Gasteiger partial charge in [-0.15, -0.1) is 0 Å². The van der Waals surface area contributed by atoms with Crippen molar-refractivity contribution >= 4 is 39.1 Å². The van der Waals surface area contributed by atoms with E-state index >= 15 is 0 Å². The normalized spacial score (nSPS) is 10.2. The molecule has 1 N–H and O–H groups in total. The van der Waals surface area contributed by atoms with Crippen LogP contribution >= 0.6 is 27.5 Å². The fraction of sp³-hybridized carbons (Fsp3) is 0.133. The van der Waals surface area contributed by atoms with Gasteiger partial charge in [0, 0.05) is 10.7 Å². The summed E-state index contributed by atoms with van der Waals surface area (Å²) < 4.78 is 6.29. The van der Waals surface area contributed by atoms with Crippen LogP contribution in [0.15, 0.2) is 46.9 Å². The van der Waals surface area contributed by atoms with Gasteiger partial charge in [-0.1, -0.05) is 17.7 Å². The lowest BCUT2D eigenvalue weighted by Crippen LogP contribution is -2.20. The fourth-order valence-corrected chi connectivity index (χ4v) is 2.33. The highest BCUT2D eigenvalue weighted by Crippen LogP contribution is 2.25. The summed E-state index contributed by atoms with van der Waals surface area (Å²) in [5, 5.41) is 3.36. The number of amides is 1. The Balaban J connectivity index is 1.90. The molecule has 2 aromatic rings. The van der Waals surface area contributed by atoms with Crippen molar-refractivity contribution in [1.29, 1.82) is 0 Å². The standard InChI is InChI=1S/C15H13BrClNO2/c1-10-2-7-14(13(16)8-10)20-9-15(19)18-12-5-3-11(17)4-6-12/h2-8H,9H2,1H3,(H,18,19). The molecule has 0 saturated heterocycles. The van der Waals surface area contributed by atoms with Crippen LogP contribution in [-0.2, 0) is 4.79 Å². The highest BCUT2D eigenvalue weighted by atomic mass is 79.9. The first-order valence-corrected chi connectivity index (χ1v) is 7.16. The zero-order chi connectivity index (χ0) is 14.5. The van der Waals surface area contributed by atoms with E-state index in [1.54, 1.807) is 24.3 Å². The van der Waals surface area contributed by atoms with Gasteiger partial charge in [0.25, 0.3) is 5.91 Å². The van der Waals surface area contributed by atoms with Crippen LogP contribution in [0.3, 0.4) is 0 Å². The van der Waals surface area contributed by atoms with Crippen LogP contribution in [0.4, 0.5) is 5.69 Å². The van der Waals surface area contributed by atoms with Crippen molar-refractivity contribution in [3.63, 3.8) is 0 Å². The molecule has 0 atom stereocenters. The van der Waals surface area contributed by atoms with Crippen molar-refractivity contribution in [2.45, 2.75) is 6.92 Å². The van der Waals surface area contributed by atoms with Gasteiger partial charge in [0.1, 0.15) is 5.75 Å². The number of hydrogen-bond donors (Lipinski definition) is 1. The Morgan fingerprint density at radius 1 is 1.25 bits per heavy atom. The van der Waals surface area contributed by atoms with E-state index in [4.69, 9.17) is 16.3 Å². The minimum Gasteiger partial charge on any atom is -0.483 e. The molecule has 0 heterocycles. The summed E-state index contributed by atoms with van der Waals surface area (Å²) in [6.45, 7) is 1.94. The molecule has 0 unspecified atom stereocenters. The SMILES string of the molecule is Cc1ccc(OCC(=O)Nc2ccc(Cl)cc2)c(Br)c1. The average molecular weight is 355 g/mol. The summed E-state index contributed by atoms with van der Waals surface area (Å²) in [5.74, 6) is 0.418. The third kappa shape index (κ3) is 4.25. The molecule has 3 nitrogen and oxygen atoms in total. The molecule has 0 spiro atoms. The minimum atomic E-state index is -0.222. The largest absolute Gasteiger partial charge is 0.483 e. The van der Waals surface area contributed by atoms with Crippen molar-refractivity contribution < 1.29 is 9.53 Å². The maximum atomic E-state index is 11.8. The van der Waals surface area contributed by atoms with Gasteiger partial charge in [-0.3, -0.25) is 4.79 Å². The molecule has 0 aliphatic rings. The number of aryl methyl sites for hydroxylation is 1. The van der Waals surface area contributed by atoms with E-state index in [1.807, 2.05) is 25.1 Å². The smallest absolute Gasteiger partial charge is 0.262 e. The minimum absolute atomic E-state index is 0.0513. The monoisotopic (exact) mass is 353 g/mol. The number of carbonyl (C=O) groups is 1. The van der Waals surface area contributed by atoms with Gasteiger partial charge in [0.15, 0.2) is 6.61 Å². The van der Waals surface area contributed by atoms with Gasteiger partial charge in [-0.25, -0.2) is 0 Å². The number of ether oxygens (including phenoxy) is 1. The molecule has 20 heavy (non-hydrogen) atoms. The molecule has 104 valence electrons. The maximum absolute atomic E-state index is 11.8. The molecule has 0 aromatic heterocycles. The van der Waals surface area contributed by atoms with Gasteiger partial charge in [-0.2, -0.15) is 0 Å². The molecular weight excluding hydrogens is 342 g/mol. The van der Waals surface area contributed by atoms with E-state index < -0.39 is 0 Å². The van der Waals surface area contributed by atoms with Crippen LogP contribution in [-0.4, -0.2) is 12.5 Å². The van der Waals surface area contributed by atoms with Crippen LogP contribution in [0, 0.1) is 6.92 Å². The second-order valence-corrected chi connectivity index (χ2v) is 5.57. The Kier molecular flexibility index (Phi) is 5.04. The van der Waals surface area contributed by atoms with E-state index in [2.05, 4.69) is 21.2 Å². The predicted octanol–water partition coefficient (Wildman–Crippen LogP) is 4.43. The summed E-state index contributed by atoms with van der Waals surface area (Å²) in [7, 11) is 0. The summed E-state index contributed by atoms with van der Waals surface area (Å²) in [6, 6.07) is 12.6. The lowest BCUT2D eigenvalue weighted by atomic mass is 10.2. The zero-order valence-electron chi connectivity index (χ0n) is 10.8. The first-order valence-electron chi connectivity index (χ1n) is 5.99. The second kappa shape index (κ2) is 6.77. The molecular formula is C15H13BrClNO2.